The topological polar surface area (TPSA) is 29.1 Å². The highest BCUT2D eigenvalue weighted by atomic mass is 32.2. The minimum Gasteiger partial charge on any atom is -0.310 e. The van der Waals surface area contributed by atoms with Crippen LogP contribution in [0.25, 0.3) is 0 Å². The van der Waals surface area contributed by atoms with Gasteiger partial charge in [-0.05, 0) is 43.2 Å². The van der Waals surface area contributed by atoms with Crippen molar-refractivity contribution in [3.63, 3.8) is 0 Å². The molecule has 1 aliphatic rings. The molecule has 2 unspecified atom stereocenters. The standard InChI is InChI=1S/C15H23NOS/c1-12(9-10-18(2)17)16-11-14-5-3-4-6-15(14)13-7-8-13/h3-6,12-13,16H,7-11H2,1-2H3. The van der Waals surface area contributed by atoms with Crippen LogP contribution in [0.2, 0.25) is 0 Å². The SMILES string of the molecule is CC(CCS(C)=O)NCc1ccccc1C1CC1. The molecule has 2 rings (SSSR count). The van der Waals surface area contributed by atoms with Crippen molar-refractivity contribution in [2.45, 2.75) is 44.7 Å². The van der Waals surface area contributed by atoms with Gasteiger partial charge in [0, 0.05) is 35.4 Å². The van der Waals surface area contributed by atoms with Crippen molar-refractivity contribution in [1.82, 2.24) is 5.32 Å². The Morgan fingerprint density at radius 3 is 2.78 bits per heavy atom. The molecule has 0 bridgehead atoms. The maximum atomic E-state index is 11.1. The highest BCUT2D eigenvalue weighted by Gasteiger charge is 2.25. The second kappa shape index (κ2) is 6.48. The van der Waals surface area contributed by atoms with Gasteiger partial charge in [-0.1, -0.05) is 24.3 Å². The lowest BCUT2D eigenvalue weighted by Gasteiger charge is -2.15. The highest BCUT2D eigenvalue weighted by Crippen LogP contribution is 2.41. The minimum absolute atomic E-state index is 0.432. The lowest BCUT2D eigenvalue weighted by Crippen LogP contribution is -2.27. The molecule has 3 heteroatoms. The van der Waals surface area contributed by atoms with E-state index in [2.05, 4.69) is 36.5 Å². The largest absolute Gasteiger partial charge is 0.310 e. The number of hydrogen-bond acceptors (Lipinski definition) is 2. The summed E-state index contributed by atoms with van der Waals surface area (Å²) in [6.45, 7) is 3.11. The monoisotopic (exact) mass is 265 g/mol. The van der Waals surface area contributed by atoms with Crippen LogP contribution in [0.1, 0.15) is 43.2 Å². The van der Waals surface area contributed by atoms with E-state index < -0.39 is 10.8 Å². The molecule has 0 spiro atoms. The van der Waals surface area contributed by atoms with Gasteiger partial charge >= 0.3 is 0 Å². The molecule has 100 valence electrons. The lowest BCUT2D eigenvalue weighted by atomic mass is 10.0. The van der Waals surface area contributed by atoms with Gasteiger partial charge in [0.15, 0.2) is 0 Å². The van der Waals surface area contributed by atoms with E-state index in [0.717, 1.165) is 24.6 Å². The Kier molecular flexibility index (Phi) is 4.95. The summed E-state index contributed by atoms with van der Waals surface area (Å²) in [5.41, 5.74) is 2.96. The first-order valence-corrected chi connectivity index (χ1v) is 8.50. The Labute approximate surface area is 113 Å². The van der Waals surface area contributed by atoms with Crippen LogP contribution >= 0.6 is 0 Å². The van der Waals surface area contributed by atoms with E-state index in [1.807, 2.05) is 0 Å². The van der Waals surface area contributed by atoms with Crippen LogP contribution in [-0.2, 0) is 17.3 Å². The predicted octanol–water partition coefficient (Wildman–Crippen LogP) is 2.81. The van der Waals surface area contributed by atoms with Crippen LogP contribution < -0.4 is 5.32 Å². The Bertz CT molecular complexity index is 415. The average molecular weight is 265 g/mol. The number of nitrogens with one attached hydrogen (secondary N) is 1. The summed E-state index contributed by atoms with van der Waals surface area (Å²) in [5, 5.41) is 3.54. The molecule has 18 heavy (non-hydrogen) atoms. The predicted molar refractivity (Wildman–Crippen MR) is 78.3 cm³/mol. The molecule has 0 heterocycles. The summed E-state index contributed by atoms with van der Waals surface area (Å²) in [6, 6.07) is 9.18. The van der Waals surface area contributed by atoms with Gasteiger partial charge in [0.05, 0.1) is 0 Å². The van der Waals surface area contributed by atoms with E-state index >= 15 is 0 Å². The van der Waals surface area contributed by atoms with Crippen molar-refractivity contribution in [3.05, 3.63) is 35.4 Å². The molecule has 1 aromatic rings. The molecule has 0 aliphatic heterocycles. The fourth-order valence-corrected chi connectivity index (χ4v) is 2.90. The normalized spacial score (nSPS) is 18.6. The molecule has 2 nitrogen and oxygen atoms in total. The molecule has 1 N–H and O–H groups in total. The van der Waals surface area contributed by atoms with Gasteiger partial charge in [-0.2, -0.15) is 0 Å². The first-order valence-electron chi connectivity index (χ1n) is 6.78. The van der Waals surface area contributed by atoms with Crippen molar-refractivity contribution in [1.29, 1.82) is 0 Å². The van der Waals surface area contributed by atoms with Crippen LogP contribution in [0.3, 0.4) is 0 Å². The molecule has 1 aliphatic carbocycles. The van der Waals surface area contributed by atoms with Crippen molar-refractivity contribution < 1.29 is 4.21 Å². The number of rotatable bonds is 7. The molecule has 0 radical (unpaired) electrons. The third-order valence-electron chi connectivity index (χ3n) is 3.55. The lowest BCUT2D eigenvalue weighted by molar-refractivity contribution is 0.533. The van der Waals surface area contributed by atoms with E-state index in [1.165, 1.54) is 24.0 Å². The van der Waals surface area contributed by atoms with Crippen molar-refractivity contribution >= 4 is 10.8 Å². The Morgan fingerprint density at radius 2 is 2.11 bits per heavy atom. The summed E-state index contributed by atoms with van der Waals surface area (Å²) < 4.78 is 11.1. The second-order valence-electron chi connectivity index (χ2n) is 5.32. The Balaban J connectivity index is 1.84. The van der Waals surface area contributed by atoms with E-state index in [9.17, 15) is 4.21 Å². The van der Waals surface area contributed by atoms with Gasteiger partial charge in [0.25, 0.3) is 0 Å². The van der Waals surface area contributed by atoms with Gasteiger partial charge in [-0.25, -0.2) is 0 Å². The molecule has 2 atom stereocenters. The third-order valence-corrected chi connectivity index (χ3v) is 4.36. The van der Waals surface area contributed by atoms with E-state index in [1.54, 1.807) is 6.26 Å². The van der Waals surface area contributed by atoms with Crippen LogP contribution in [0.4, 0.5) is 0 Å². The molecule has 1 saturated carbocycles. The summed E-state index contributed by atoms with van der Waals surface area (Å²) in [7, 11) is -0.676. The van der Waals surface area contributed by atoms with E-state index in [0.29, 0.717) is 6.04 Å². The van der Waals surface area contributed by atoms with Gasteiger partial charge < -0.3 is 5.32 Å². The summed E-state index contributed by atoms with van der Waals surface area (Å²) >= 11 is 0. The van der Waals surface area contributed by atoms with Gasteiger partial charge in [-0.15, -0.1) is 0 Å². The fraction of sp³-hybridized carbons (Fsp3) is 0.600. The Hall–Kier alpha value is -0.670. The average Bonchev–Trinajstić information content (AvgIpc) is 3.18. The number of hydrogen-bond donors (Lipinski definition) is 1. The summed E-state index contributed by atoms with van der Waals surface area (Å²) in [4.78, 5) is 0. The zero-order valence-electron chi connectivity index (χ0n) is 11.3. The van der Waals surface area contributed by atoms with Crippen molar-refractivity contribution in [3.8, 4) is 0 Å². The van der Waals surface area contributed by atoms with Gasteiger partial charge in [0.1, 0.15) is 0 Å². The molecular formula is C15H23NOS. The molecule has 0 amide bonds. The van der Waals surface area contributed by atoms with Crippen molar-refractivity contribution in [2.75, 3.05) is 12.0 Å². The molecule has 0 aromatic heterocycles. The second-order valence-corrected chi connectivity index (χ2v) is 6.88. The quantitative estimate of drug-likeness (QED) is 0.821. The number of benzene rings is 1. The zero-order valence-corrected chi connectivity index (χ0v) is 12.1. The molecular weight excluding hydrogens is 242 g/mol. The van der Waals surface area contributed by atoms with Crippen molar-refractivity contribution in [2.24, 2.45) is 0 Å². The first-order chi connectivity index (χ1) is 8.66. The van der Waals surface area contributed by atoms with Crippen LogP contribution in [0.15, 0.2) is 24.3 Å². The fourth-order valence-electron chi connectivity index (χ4n) is 2.22. The van der Waals surface area contributed by atoms with E-state index in [-0.39, 0.29) is 0 Å². The molecule has 1 aromatic carbocycles. The Morgan fingerprint density at radius 1 is 1.39 bits per heavy atom. The maximum Gasteiger partial charge on any atom is 0.0246 e. The minimum atomic E-state index is -0.676. The third kappa shape index (κ3) is 4.21. The van der Waals surface area contributed by atoms with Crippen LogP contribution in [0.5, 0.6) is 0 Å². The van der Waals surface area contributed by atoms with E-state index in [4.69, 9.17) is 0 Å². The van der Waals surface area contributed by atoms with Gasteiger partial charge in [0.2, 0.25) is 0 Å². The summed E-state index contributed by atoms with van der Waals surface area (Å²) in [6.07, 6.45) is 5.45. The first kappa shape index (κ1) is 13.8. The van der Waals surface area contributed by atoms with Gasteiger partial charge in [-0.3, -0.25) is 4.21 Å². The van der Waals surface area contributed by atoms with Crippen LogP contribution in [0, 0.1) is 0 Å². The molecule has 1 fully saturated rings. The maximum absolute atomic E-state index is 11.1. The molecule has 0 saturated heterocycles. The van der Waals surface area contributed by atoms with Crippen LogP contribution in [-0.4, -0.2) is 22.3 Å². The zero-order chi connectivity index (χ0) is 13.0. The smallest absolute Gasteiger partial charge is 0.0246 e. The highest BCUT2D eigenvalue weighted by molar-refractivity contribution is 7.84. The summed E-state index contributed by atoms with van der Waals surface area (Å²) in [5.74, 6) is 1.60.